The summed E-state index contributed by atoms with van der Waals surface area (Å²) >= 11 is 4.28. The highest BCUT2D eigenvalue weighted by molar-refractivity contribution is 7.79. The fraction of sp³-hybridized carbons (Fsp3) is 0.500. The maximum Gasteiger partial charge on any atom is 0.329 e. The zero-order chi connectivity index (χ0) is 15.3. The zero-order valence-electron chi connectivity index (χ0n) is 12.0. The van der Waals surface area contributed by atoms with Crippen molar-refractivity contribution < 1.29 is 14.7 Å². The Morgan fingerprint density at radius 2 is 1.81 bits per heavy atom. The number of carbonyl (C=O) groups is 2. The minimum Gasteiger partial charge on any atom is -0.480 e. The number of carboxylic acids is 1. The number of hydrogen-bond donors (Lipinski definition) is 3. The highest BCUT2D eigenvalue weighted by Gasteiger charge is 2.42. The van der Waals surface area contributed by atoms with Crippen LogP contribution in [-0.4, -0.2) is 22.5 Å². The van der Waals surface area contributed by atoms with Gasteiger partial charge in [-0.25, -0.2) is 4.79 Å². The standard InChI is InChI=1S/C16H21NO3S/c18-14(17-16(15(19)20)9-3-4-10-16)8-7-12-5-1-2-6-13(12)11-21/h1-2,5-6,21H,3-4,7-11H2,(H,17,18)(H,19,20). The molecule has 0 spiro atoms. The lowest BCUT2D eigenvalue weighted by Crippen LogP contribution is -2.52. The van der Waals surface area contributed by atoms with Gasteiger partial charge in [-0.2, -0.15) is 12.6 Å². The molecular formula is C16H21NO3S. The maximum atomic E-state index is 12.1. The summed E-state index contributed by atoms with van der Waals surface area (Å²) in [6, 6.07) is 7.88. The lowest BCUT2D eigenvalue weighted by atomic mass is 9.97. The van der Waals surface area contributed by atoms with Crippen LogP contribution in [0.1, 0.15) is 43.2 Å². The van der Waals surface area contributed by atoms with Crippen LogP contribution in [0.25, 0.3) is 0 Å². The van der Waals surface area contributed by atoms with E-state index in [1.807, 2.05) is 24.3 Å². The lowest BCUT2D eigenvalue weighted by Gasteiger charge is -2.25. The Morgan fingerprint density at radius 1 is 1.19 bits per heavy atom. The zero-order valence-corrected chi connectivity index (χ0v) is 12.9. The average molecular weight is 307 g/mol. The summed E-state index contributed by atoms with van der Waals surface area (Å²) in [6.45, 7) is 0. The molecule has 21 heavy (non-hydrogen) atoms. The molecule has 0 aromatic heterocycles. The second-order valence-corrected chi connectivity index (χ2v) is 5.89. The molecule has 1 aromatic carbocycles. The Bertz CT molecular complexity index is 524. The van der Waals surface area contributed by atoms with E-state index in [0.717, 1.165) is 24.0 Å². The molecule has 4 nitrogen and oxygen atoms in total. The molecule has 0 atom stereocenters. The second kappa shape index (κ2) is 6.98. The van der Waals surface area contributed by atoms with E-state index in [2.05, 4.69) is 17.9 Å². The smallest absolute Gasteiger partial charge is 0.329 e. The van der Waals surface area contributed by atoms with Crippen molar-refractivity contribution in [2.45, 2.75) is 49.8 Å². The molecule has 5 heteroatoms. The van der Waals surface area contributed by atoms with E-state index >= 15 is 0 Å². The van der Waals surface area contributed by atoms with E-state index in [0.29, 0.717) is 31.4 Å². The summed E-state index contributed by atoms with van der Waals surface area (Å²) in [5.41, 5.74) is 1.17. The Balaban J connectivity index is 1.94. The van der Waals surface area contributed by atoms with Gasteiger partial charge in [-0.15, -0.1) is 0 Å². The minimum atomic E-state index is -1.04. The molecule has 1 aromatic rings. The Morgan fingerprint density at radius 3 is 2.38 bits per heavy atom. The first kappa shape index (κ1) is 15.9. The van der Waals surface area contributed by atoms with Gasteiger partial charge in [-0.1, -0.05) is 37.1 Å². The Hall–Kier alpha value is -1.49. The third-order valence-corrected chi connectivity index (χ3v) is 4.50. The topological polar surface area (TPSA) is 66.4 Å². The van der Waals surface area contributed by atoms with Crippen LogP contribution in [0.4, 0.5) is 0 Å². The van der Waals surface area contributed by atoms with Crippen molar-refractivity contribution in [1.82, 2.24) is 5.32 Å². The molecule has 1 fully saturated rings. The third-order valence-electron chi connectivity index (χ3n) is 4.16. The van der Waals surface area contributed by atoms with Gasteiger partial charge in [-0.3, -0.25) is 4.79 Å². The van der Waals surface area contributed by atoms with Crippen LogP contribution in [-0.2, 0) is 21.8 Å². The van der Waals surface area contributed by atoms with Crippen molar-refractivity contribution in [2.75, 3.05) is 0 Å². The van der Waals surface area contributed by atoms with Crippen LogP contribution in [0.15, 0.2) is 24.3 Å². The molecule has 2 rings (SSSR count). The summed E-state index contributed by atoms with van der Waals surface area (Å²) in [7, 11) is 0. The van der Waals surface area contributed by atoms with Gasteiger partial charge in [0.1, 0.15) is 5.54 Å². The van der Waals surface area contributed by atoms with Crippen LogP contribution in [0, 0.1) is 0 Å². The molecular weight excluding hydrogens is 286 g/mol. The van der Waals surface area contributed by atoms with Gasteiger partial charge < -0.3 is 10.4 Å². The second-order valence-electron chi connectivity index (χ2n) is 5.57. The molecule has 1 saturated carbocycles. The first-order valence-corrected chi connectivity index (χ1v) is 7.93. The van der Waals surface area contributed by atoms with Crippen LogP contribution >= 0.6 is 12.6 Å². The van der Waals surface area contributed by atoms with Crippen molar-refractivity contribution in [3.63, 3.8) is 0 Å². The number of rotatable bonds is 6. The van der Waals surface area contributed by atoms with Gasteiger partial charge in [0, 0.05) is 12.2 Å². The lowest BCUT2D eigenvalue weighted by molar-refractivity contribution is -0.147. The van der Waals surface area contributed by atoms with Gasteiger partial charge in [0.05, 0.1) is 0 Å². The Kier molecular flexibility index (Phi) is 5.28. The summed E-state index contributed by atoms with van der Waals surface area (Å²) in [4.78, 5) is 23.5. The Labute approximate surface area is 130 Å². The molecule has 0 aliphatic heterocycles. The SMILES string of the molecule is O=C(CCc1ccccc1CS)NC1(C(=O)O)CCCC1. The van der Waals surface area contributed by atoms with Gasteiger partial charge in [-0.05, 0) is 30.4 Å². The molecule has 0 unspecified atom stereocenters. The van der Waals surface area contributed by atoms with Crippen LogP contribution < -0.4 is 5.32 Å². The van der Waals surface area contributed by atoms with Gasteiger partial charge >= 0.3 is 5.97 Å². The minimum absolute atomic E-state index is 0.187. The van der Waals surface area contributed by atoms with Gasteiger partial charge in [0.15, 0.2) is 0 Å². The van der Waals surface area contributed by atoms with Crippen molar-refractivity contribution in [3.8, 4) is 0 Å². The van der Waals surface area contributed by atoms with Gasteiger partial charge in [0.25, 0.3) is 0 Å². The number of amides is 1. The first-order valence-electron chi connectivity index (χ1n) is 7.29. The highest BCUT2D eigenvalue weighted by Crippen LogP contribution is 2.30. The van der Waals surface area contributed by atoms with Crippen LogP contribution in [0.5, 0.6) is 0 Å². The fourth-order valence-electron chi connectivity index (χ4n) is 2.90. The summed E-state index contributed by atoms with van der Waals surface area (Å²) in [6.07, 6.45) is 3.69. The molecule has 1 aliphatic carbocycles. The molecule has 0 saturated heterocycles. The predicted molar refractivity (Wildman–Crippen MR) is 84.4 cm³/mol. The summed E-state index contributed by atoms with van der Waals surface area (Å²) in [5.74, 6) is -0.464. The number of hydrogen-bond acceptors (Lipinski definition) is 3. The predicted octanol–water partition coefficient (Wildman–Crippen LogP) is 2.56. The molecule has 114 valence electrons. The monoisotopic (exact) mass is 307 g/mol. The number of benzene rings is 1. The van der Waals surface area contributed by atoms with E-state index in [-0.39, 0.29) is 5.91 Å². The average Bonchev–Trinajstić information content (AvgIpc) is 2.95. The van der Waals surface area contributed by atoms with Crippen LogP contribution in [0.2, 0.25) is 0 Å². The third kappa shape index (κ3) is 3.79. The number of aliphatic carboxylic acids is 1. The largest absolute Gasteiger partial charge is 0.480 e. The number of thiol groups is 1. The number of carboxylic acid groups (broad SMARTS) is 1. The molecule has 0 heterocycles. The summed E-state index contributed by atoms with van der Waals surface area (Å²) in [5, 5.41) is 12.1. The van der Waals surface area contributed by atoms with Gasteiger partial charge in [0.2, 0.25) is 5.91 Å². The van der Waals surface area contributed by atoms with E-state index < -0.39 is 11.5 Å². The molecule has 0 bridgehead atoms. The molecule has 0 radical (unpaired) electrons. The highest BCUT2D eigenvalue weighted by atomic mass is 32.1. The van der Waals surface area contributed by atoms with Crippen molar-refractivity contribution >= 4 is 24.5 Å². The van der Waals surface area contributed by atoms with Crippen molar-refractivity contribution in [2.24, 2.45) is 0 Å². The molecule has 2 N–H and O–H groups in total. The number of carbonyl (C=O) groups excluding carboxylic acids is 1. The first-order chi connectivity index (χ1) is 10.1. The normalized spacial score (nSPS) is 16.6. The quantitative estimate of drug-likeness (QED) is 0.708. The maximum absolute atomic E-state index is 12.1. The van der Waals surface area contributed by atoms with Crippen molar-refractivity contribution in [3.05, 3.63) is 35.4 Å². The van der Waals surface area contributed by atoms with E-state index in [1.165, 1.54) is 0 Å². The number of aryl methyl sites for hydroxylation is 1. The van der Waals surface area contributed by atoms with Crippen LogP contribution in [0.3, 0.4) is 0 Å². The van der Waals surface area contributed by atoms with E-state index in [4.69, 9.17) is 0 Å². The van der Waals surface area contributed by atoms with Crippen molar-refractivity contribution in [1.29, 1.82) is 0 Å². The van der Waals surface area contributed by atoms with E-state index in [9.17, 15) is 14.7 Å². The fourth-order valence-corrected chi connectivity index (χ4v) is 3.21. The summed E-state index contributed by atoms with van der Waals surface area (Å²) < 4.78 is 0. The number of nitrogens with one attached hydrogen (secondary N) is 1. The van der Waals surface area contributed by atoms with E-state index in [1.54, 1.807) is 0 Å². The molecule has 1 aliphatic rings. The molecule has 1 amide bonds.